The zero-order valence-corrected chi connectivity index (χ0v) is 14.3. The zero-order valence-electron chi connectivity index (χ0n) is 14.3. The number of nitrogens with two attached hydrogens (primary N) is 1. The van der Waals surface area contributed by atoms with Crippen LogP contribution < -0.4 is 10.5 Å². The summed E-state index contributed by atoms with van der Waals surface area (Å²) in [7, 11) is 1.62. The van der Waals surface area contributed by atoms with Crippen molar-refractivity contribution >= 4 is 5.91 Å². The molecule has 2 N–H and O–H groups in total. The average Bonchev–Trinajstić information content (AvgIpc) is 2.51. The van der Waals surface area contributed by atoms with E-state index in [1.165, 1.54) is 0 Å². The van der Waals surface area contributed by atoms with Gasteiger partial charge in [-0.05, 0) is 44.6 Å². The van der Waals surface area contributed by atoms with Gasteiger partial charge in [0.05, 0.1) is 13.0 Å². The molecule has 4 heteroatoms. The van der Waals surface area contributed by atoms with Crippen LogP contribution >= 0.6 is 0 Å². The van der Waals surface area contributed by atoms with Crippen LogP contribution in [0.2, 0.25) is 0 Å². The number of allylic oxidation sites excluding steroid dienone is 1. The van der Waals surface area contributed by atoms with Gasteiger partial charge in [-0.3, -0.25) is 4.79 Å². The zero-order chi connectivity index (χ0) is 16.7. The van der Waals surface area contributed by atoms with Crippen molar-refractivity contribution in [3.63, 3.8) is 0 Å². The summed E-state index contributed by atoms with van der Waals surface area (Å²) >= 11 is 0. The van der Waals surface area contributed by atoms with Gasteiger partial charge in [0, 0.05) is 11.8 Å². The number of aromatic nitrogens is 1. The molecular weight excluding hydrogens is 276 g/mol. The molecule has 0 fully saturated rings. The predicted octanol–water partition coefficient (Wildman–Crippen LogP) is 3.43. The minimum Gasteiger partial charge on any atom is -0.481 e. The number of amides is 1. The van der Waals surface area contributed by atoms with Gasteiger partial charge in [-0.25, -0.2) is 4.98 Å². The lowest BCUT2D eigenvalue weighted by molar-refractivity contribution is -0.121. The van der Waals surface area contributed by atoms with Crippen molar-refractivity contribution < 1.29 is 9.53 Å². The molecule has 0 radical (unpaired) electrons. The molecule has 1 amide bonds. The number of aryl methyl sites for hydroxylation is 1. The first-order chi connectivity index (χ1) is 10.5. The molecule has 0 spiro atoms. The Morgan fingerprint density at radius 2 is 2.05 bits per heavy atom. The molecule has 1 aromatic rings. The van der Waals surface area contributed by atoms with E-state index in [1.807, 2.05) is 32.1 Å². The van der Waals surface area contributed by atoms with E-state index in [4.69, 9.17) is 10.5 Å². The van der Waals surface area contributed by atoms with E-state index in [2.05, 4.69) is 18.8 Å². The Labute approximate surface area is 133 Å². The highest BCUT2D eigenvalue weighted by Crippen LogP contribution is 2.29. The van der Waals surface area contributed by atoms with Crippen LogP contribution in [0, 0.1) is 18.8 Å². The number of hydrogen-bond acceptors (Lipinski definition) is 3. The van der Waals surface area contributed by atoms with Crippen molar-refractivity contribution in [1.82, 2.24) is 4.98 Å². The van der Waals surface area contributed by atoms with E-state index < -0.39 is 0 Å². The number of carbonyl (C=O) groups excluding carboxylic acids is 1. The Morgan fingerprint density at radius 3 is 2.50 bits per heavy atom. The Balaban J connectivity index is 3.08. The second-order valence-electron chi connectivity index (χ2n) is 5.58. The van der Waals surface area contributed by atoms with E-state index >= 15 is 0 Å². The van der Waals surface area contributed by atoms with Crippen molar-refractivity contribution in [2.24, 2.45) is 17.6 Å². The first kappa shape index (κ1) is 18.2. The molecule has 0 aliphatic carbocycles. The van der Waals surface area contributed by atoms with Crippen LogP contribution in [0.15, 0.2) is 23.8 Å². The van der Waals surface area contributed by atoms with Gasteiger partial charge < -0.3 is 10.5 Å². The molecule has 1 aromatic heterocycles. The summed E-state index contributed by atoms with van der Waals surface area (Å²) in [6.07, 6.45) is 4.52. The summed E-state index contributed by atoms with van der Waals surface area (Å²) < 4.78 is 5.22. The van der Waals surface area contributed by atoms with Gasteiger partial charge in [-0.1, -0.05) is 31.6 Å². The maximum atomic E-state index is 11.7. The third-order valence-corrected chi connectivity index (χ3v) is 4.28. The smallest absolute Gasteiger partial charge is 0.224 e. The summed E-state index contributed by atoms with van der Waals surface area (Å²) in [5.41, 5.74) is 8.86. The van der Waals surface area contributed by atoms with Gasteiger partial charge in [-0.15, -0.1) is 0 Å². The number of pyridine rings is 1. The highest BCUT2D eigenvalue weighted by atomic mass is 16.5. The summed E-state index contributed by atoms with van der Waals surface area (Å²) in [5.74, 6) is 0.449. The van der Waals surface area contributed by atoms with Crippen LogP contribution in [0.5, 0.6) is 5.88 Å². The van der Waals surface area contributed by atoms with Crippen LogP contribution in [0.3, 0.4) is 0 Å². The van der Waals surface area contributed by atoms with Crippen LogP contribution in [0.25, 0.3) is 0 Å². The molecule has 0 saturated heterocycles. The lowest BCUT2D eigenvalue weighted by atomic mass is 9.81. The van der Waals surface area contributed by atoms with Crippen LogP contribution in [0.4, 0.5) is 0 Å². The van der Waals surface area contributed by atoms with Crippen molar-refractivity contribution in [3.05, 3.63) is 35.0 Å². The molecular formula is C18H28N2O2. The SMILES string of the molecule is C/C=C(/C(CC)C(N)=O)[C@H](CC)Cc1nc(OC)ccc1C. The predicted molar refractivity (Wildman–Crippen MR) is 89.7 cm³/mol. The fourth-order valence-electron chi connectivity index (χ4n) is 2.93. The number of carbonyl (C=O) groups is 1. The van der Waals surface area contributed by atoms with E-state index in [0.717, 1.165) is 36.1 Å². The highest BCUT2D eigenvalue weighted by Gasteiger charge is 2.25. The maximum absolute atomic E-state index is 11.7. The molecule has 1 rings (SSSR count). The standard InChI is InChI=1S/C18H28N2O2/c1-6-13(14(7-2)15(8-3)18(19)21)11-16-12(4)9-10-17(20-16)22-5/h7,9-10,13,15H,6,8,11H2,1-5H3,(H2,19,21)/b14-7+/t13-,15?/m1/s1. The van der Waals surface area contributed by atoms with Gasteiger partial charge in [0.2, 0.25) is 11.8 Å². The van der Waals surface area contributed by atoms with E-state index in [9.17, 15) is 4.79 Å². The van der Waals surface area contributed by atoms with E-state index in [0.29, 0.717) is 5.88 Å². The third-order valence-electron chi connectivity index (χ3n) is 4.28. The lowest BCUT2D eigenvalue weighted by Gasteiger charge is -2.24. The maximum Gasteiger partial charge on any atom is 0.224 e. The van der Waals surface area contributed by atoms with Crippen LogP contribution in [0.1, 0.15) is 44.9 Å². The van der Waals surface area contributed by atoms with Crippen molar-refractivity contribution in [3.8, 4) is 5.88 Å². The summed E-state index contributed by atoms with van der Waals surface area (Å²) in [4.78, 5) is 16.3. The molecule has 0 saturated carbocycles. The van der Waals surface area contributed by atoms with Crippen LogP contribution in [-0.4, -0.2) is 18.0 Å². The number of rotatable bonds is 8. The molecule has 0 aliphatic rings. The second-order valence-corrected chi connectivity index (χ2v) is 5.58. The van der Waals surface area contributed by atoms with Crippen molar-refractivity contribution in [1.29, 1.82) is 0 Å². The van der Waals surface area contributed by atoms with Crippen LogP contribution in [-0.2, 0) is 11.2 Å². The average molecular weight is 304 g/mol. The summed E-state index contributed by atoms with van der Waals surface area (Å²) in [6.45, 7) is 8.17. The number of hydrogen-bond donors (Lipinski definition) is 1. The second kappa shape index (κ2) is 8.57. The lowest BCUT2D eigenvalue weighted by Crippen LogP contribution is -2.28. The number of nitrogens with zero attached hydrogens (tertiary/aromatic N) is 1. The molecule has 2 atom stereocenters. The fourth-order valence-corrected chi connectivity index (χ4v) is 2.93. The first-order valence-electron chi connectivity index (χ1n) is 7.94. The number of primary amides is 1. The first-order valence-corrected chi connectivity index (χ1v) is 7.94. The molecule has 0 bridgehead atoms. The molecule has 0 aromatic carbocycles. The Kier molecular flexibility index (Phi) is 7.09. The Morgan fingerprint density at radius 1 is 1.36 bits per heavy atom. The van der Waals surface area contributed by atoms with E-state index in [-0.39, 0.29) is 17.7 Å². The number of methoxy groups -OCH3 is 1. The molecule has 0 aliphatic heterocycles. The fraction of sp³-hybridized carbons (Fsp3) is 0.556. The summed E-state index contributed by atoms with van der Waals surface area (Å²) in [5, 5.41) is 0. The Bertz CT molecular complexity index is 538. The third kappa shape index (κ3) is 4.33. The van der Waals surface area contributed by atoms with Gasteiger partial charge >= 0.3 is 0 Å². The quantitative estimate of drug-likeness (QED) is 0.748. The monoisotopic (exact) mass is 304 g/mol. The Hall–Kier alpha value is -1.84. The van der Waals surface area contributed by atoms with Gasteiger partial charge in [0.1, 0.15) is 0 Å². The van der Waals surface area contributed by atoms with E-state index in [1.54, 1.807) is 7.11 Å². The highest BCUT2D eigenvalue weighted by molar-refractivity contribution is 5.79. The van der Waals surface area contributed by atoms with Gasteiger partial charge in [0.15, 0.2) is 0 Å². The number of ether oxygens (including phenoxy) is 1. The normalized spacial score (nSPS) is 14.5. The largest absolute Gasteiger partial charge is 0.481 e. The van der Waals surface area contributed by atoms with Gasteiger partial charge in [0.25, 0.3) is 0 Å². The molecule has 22 heavy (non-hydrogen) atoms. The minimum atomic E-state index is -0.246. The molecule has 122 valence electrons. The molecule has 1 unspecified atom stereocenters. The minimum absolute atomic E-state index is 0.194. The summed E-state index contributed by atoms with van der Waals surface area (Å²) in [6, 6.07) is 3.89. The molecule has 4 nitrogen and oxygen atoms in total. The molecule has 1 heterocycles. The topological polar surface area (TPSA) is 65.2 Å². The van der Waals surface area contributed by atoms with Crippen molar-refractivity contribution in [2.75, 3.05) is 7.11 Å². The van der Waals surface area contributed by atoms with Crippen molar-refractivity contribution in [2.45, 2.75) is 47.0 Å². The van der Waals surface area contributed by atoms with Gasteiger partial charge in [-0.2, -0.15) is 0 Å².